The van der Waals surface area contributed by atoms with Gasteiger partial charge in [-0.25, -0.2) is 9.97 Å². The number of nitrogens with zero attached hydrogens (tertiary/aromatic N) is 6. The van der Waals surface area contributed by atoms with Crippen molar-refractivity contribution in [3.63, 3.8) is 0 Å². The summed E-state index contributed by atoms with van der Waals surface area (Å²) < 4.78 is 0. The predicted molar refractivity (Wildman–Crippen MR) is 153 cm³/mol. The molecule has 200 valence electrons. The average molecular weight is 503 g/mol. The van der Waals surface area contributed by atoms with E-state index in [9.17, 15) is 0 Å². The van der Waals surface area contributed by atoms with Crippen molar-refractivity contribution in [1.82, 2.24) is 19.8 Å². The summed E-state index contributed by atoms with van der Waals surface area (Å²) in [5.74, 6) is 3.92. The molecule has 1 spiro atoms. The summed E-state index contributed by atoms with van der Waals surface area (Å²) in [6, 6.07) is 11.8. The maximum Gasteiger partial charge on any atom is 0.129 e. The molecule has 4 aliphatic rings. The SMILES string of the molecule is Cc1cc(C(C)C)nc(N2CC(C(C)(C)c3cccc(N4CCC5(CCN5C)C4)n3)C3CN(C)CC32)c1. The lowest BCUT2D eigenvalue weighted by Gasteiger charge is -2.48. The first-order valence-corrected chi connectivity index (χ1v) is 14.4. The second-order valence-corrected chi connectivity index (χ2v) is 13.5. The number of anilines is 2. The number of likely N-dealkylation sites (tertiary alicyclic amines) is 2. The van der Waals surface area contributed by atoms with Gasteiger partial charge in [0.25, 0.3) is 0 Å². The molecule has 6 heterocycles. The van der Waals surface area contributed by atoms with E-state index in [1.165, 1.54) is 48.0 Å². The molecular weight excluding hydrogens is 456 g/mol. The molecule has 2 aromatic rings. The molecule has 0 bridgehead atoms. The molecule has 0 amide bonds. The monoisotopic (exact) mass is 502 g/mol. The Hall–Kier alpha value is -2.18. The molecular formula is C31H46N6. The molecule has 6 rings (SSSR count). The van der Waals surface area contributed by atoms with Crippen LogP contribution in [0.3, 0.4) is 0 Å². The summed E-state index contributed by atoms with van der Waals surface area (Å²) >= 11 is 0. The van der Waals surface area contributed by atoms with Crippen LogP contribution in [0.2, 0.25) is 0 Å². The van der Waals surface area contributed by atoms with Crippen molar-refractivity contribution < 1.29 is 0 Å². The number of aromatic nitrogens is 2. The van der Waals surface area contributed by atoms with E-state index < -0.39 is 0 Å². The Morgan fingerprint density at radius 3 is 2.43 bits per heavy atom. The van der Waals surface area contributed by atoms with Gasteiger partial charge in [-0.3, -0.25) is 4.90 Å². The highest BCUT2D eigenvalue weighted by Crippen LogP contribution is 2.47. The molecule has 4 fully saturated rings. The predicted octanol–water partition coefficient (Wildman–Crippen LogP) is 4.54. The van der Waals surface area contributed by atoms with Crippen LogP contribution in [0.15, 0.2) is 30.3 Å². The lowest BCUT2D eigenvalue weighted by molar-refractivity contribution is 0.0307. The highest BCUT2D eigenvalue weighted by atomic mass is 15.3. The first-order valence-electron chi connectivity index (χ1n) is 14.4. The number of aryl methyl sites for hydroxylation is 1. The van der Waals surface area contributed by atoms with Crippen molar-refractivity contribution in [2.45, 2.75) is 70.4 Å². The fourth-order valence-electron chi connectivity index (χ4n) is 7.73. The number of hydrogen-bond acceptors (Lipinski definition) is 6. The number of rotatable bonds is 5. The maximum atomic E-state index is 5.36. The number of pyridine rings is 2. The molecule has 4 unspecified atom stereocenters. The van der Waals surface area contributed by atoms with Crippen LogP contribution in [0, 0.1) is 18.8 Å². The standard InChI is InChI=1S/C31H46N6/c1-21(2)25-15-22(3)16-29(32-25)37-18-24(23-17-34(6)19-26(23)37)30(4,5)27-9-8-10-28(33-27)36-14-12-31(20-36)11-13-35(31)7/h8-10,15-16,21,23-24,26H,11-14,17-20H2,1-7H3. The van der Waals surface area contributed by atoms with Gasteiger partial charge in [-0.15, -0.1) is 0 Å². The van der Waals surface area contributed by atoms with Gasteiger partial charge >= 0.3 is 0 Å². The maximum absolute atomic E-state index is 5.36. The smallest absolute Gasteiger partial charge is 0.129 e. The van der Waals surface area contributed by atoms with Crippen molar-refractivity contribution in [3.05, 3.63) is 47.3 Å². The first kappa shape index (κ1) is 25.1. The van der Waals surface area contributed by atoms with E-state index >= 15 is 0 Å². The van der Waals surface area contributed by atoms with Crippen molar-refractivity contribution in [1.29, 1.82) is 0 Å². The molecule has 4 atom stereocenters. The second-order valence-electron chi connectivity index (χ2n) is 13.5. The van der Waals surface area contributed by atoms with Crippen LogP contribution in [0.4, 0.5) is 11.6 Å². The molecule has 0 aliphatic carbocycles. The van der Waals surface area contributed by atoms with Crippen LogP contribution in [0.1, 0.15) is 63.4 Å². The van der Waals surface area contributed by atoms with Gasteiger partial charge in [0, 0.05) is 67.7 Å². The van der Waals surface area contributed by atoms with Crippen LogP contribution >= 0.6 is 0 Å². The normalized spacial score (nSPS) is 30.5. The van der Waals surface area contributed by atoms with Crippen LogP contribution in [-0.2, 0) is 5.41 Å². The molecule has 4 saturated heterocycles. The summed E-state index contributed by atoms with van der Waals surface area (Å²) in [7, 11) is 4.57. The molecule has 0 radical (unpaired) electrons. The van der Waals surface area contributed by atoms with E-state index in [0.29, 0.717) is 29.3 Å². The van der Waals surface area contributed by atoms with Gasteiger partial charge in [0.1, 0.15) is 11.6 Å². The van der Waals surface area contributed by atoms with Gasteiger partial charge in [-0.05, 0) is 81.4 Å². The minimum atomic E-state index is -0.0196. The van der Waals surface area contributed by atoms with Crippen molar-refractivity contribution in [2.75, 3.05) is 63.2 Å². The first-order chi connectivity index (χ1) is 17.6. The number of hydrogen-bond donors (Lipinski definition) is 0. The van der Waals surface area contributed by atoms with Crippen LogP contribution in [-0.4, -0.2) is 84.7 Å². The summed E-state index contributed by atoms with van der Waals surface area (Å²) in [5, 5.41) is 0. The fraction of sp³-hybridized carbons (Fsp3) is 0.677. The minimum absolute atomic E-state index is 0.0196. The zero-order valence-corrected chi connectivity index (χ0v) is 24.0. The third-order valence-electron chi connectivity index (χ3n) is 10.4. The molecule has 6 nitrogen and oxygen atoms in total. The molecule has 0 N–H and O–H groups in total. The molecule has 0 saturated carbocycles. The van der Waals surface area contributed by atoms with Gasteiger partial charge in [0.15, 0.2) is 0 Å². The lowest BCUT2D eigenvalue weighted by atomic mass is 9.70. The third kappa shape index (κ3) is 4.15. The third-order valence-corrected chi connectivity index (χ3v) is 10.4. The van der Waals surface area contributed by atoms with Gasteiger partial charge in [-0.1, -0.05) is 33.8 Å². The summed E-state index contributed by atoms with van der Waals surface area (Å²) in [4.78, 5) is 20.8. The molecule has 2 aromatic heterocycles. The van der Waals surface area contributed by atoms with Crippen LogP contribution in [0.5, 0.6) is 0 Å². The lowest BCUT2D eigenvalue weighted by Crippen LogP contribution is -2.59. The van der Waals surface area contributed by atoms with Crippen molar-refractivity contribution in [3.8, 4) is 0 Å². The molecule has 6 heteroatoms. The minimum Gasteiger partial charge on any atom is -0.355 e. The number of likely N-dealkylation sites (N-methyl/N-ethyl adjacent to an activating group) is 2. The second kappa shape index (κ2) is 8.94. The molecule has 0 aromatic carbocycles. The largest absolute Gasteiger partial charge is 0.355 e. The number of fused-ring (bicyclic) bond motifs is 1. The van der Waals surface area contributed by atoms with Gasteiger partial charge in [0.05, 0.1) is 0 Å². The van der Waals surface area contributed by atoms with Crippen molar-refractivity contribution >= 4 is 11.6 Å². The molecule has 4 aliphatic heterocycles. The van der Waals surface area contributed by atoms with E-state index in [1.807, 2.05) is 0 Å². The Morgan fingerprint density at radius 2 is 1.76 bits per heavy atom. The highest BCUT2D eigenvalue weighted by molar-refractivity contribution is 5.48. The van der Waals surface area contributed by atoms with Crippen molar-refractivity contribution in [2.24, 2.45) is 11.8 Å². The Balaban J connectivity index is 1.29. The fourth-order valence-corrected chi connectivity index (χ4v) is 7.73. The Morgan fingerprint density at radius 1 is 0.973 bits per heavy atom. The molecule has 37 heavy (non-hydrogen) atoms. The Kier molecular flexibility index (Phi) is 6.07. The quantitative estimate of drug-likeness (QED) is 0.598. The summed E-state index contributed by atoms with van der Waals surface area (Å²) in [6.07, 6.45) is 2.58. The average Bonchev–Trinajstić information content (AvgIpc) is 3.57. The summed E-state index contributed by atoms with van der Waals surface area (Å²) in [5.41, 5.74) is 4.13. The Labute approximate surface area is 224 Å². The Bertz CT molecular complexity index is 1160. The summed E-state index contributed by atoms with van der Waals surface area (Å²) in [6.45, 7) is 18.4. The zero-order valence-electron chi connectivity index (χ0n) is 24.0. The van der Waals surface area contributed by atoms with Crippen LogP contribution < -0.4 is 9.80 Å². The van der Waals surface area contributed by atoms with E-state index in [1.54, 1.807) is 0 Å². The highest BCUT2D eigenvalue weighted by Gasteiger charge is 2.53. The van der Waals surface area contributed by atoms with E-state index in [0.717, 1.165) is 32.7 Å². The van der Waals surface area contributed by atoms with Gasteiger partial charge in [0.2, 0.25) is 0 Å². The zero-order chi connectivity index (χ0) is 26.1. The van der Waals surface area contributed by atoms with E-state index in [-0.39, 0.29) is 5.41 Å². The van der Waals surface area contributed by atoms with E-state index in [4.69, 9.17) is 9.97 Å². The van der Waals surface area contributed by atoms with E-state index in [2.05, 4.69) is 98.6 Å². The van der Waals surface area contributed by atoms with Gasteiger partial charge in [-0.2, -0.15) is 0 Å². The van der Waals surface area contributed by atoms with Gasteiger partial charge < -0.3 is 14.7 Å². The topological polar surface area (TPSA) is 38.7 Å². The van der Waals surface area contributed by atoms with Crippen LogP contribution in [0.25, 0.3) is 0 Å².